The first-order chi connectivity index (χ1) is 9.09. The van der Waals surface area contributed by atoms with Gasteiger partial charge in [0.05, 0.1) is 11.3 Å². The Balaban J connectivity index is 3.37. The number of hydrogen-bond acceptors (Lipinski definition) is 2. The van der Waals surface area contributed by atoms with Crippen molar-refractivity contribution in [2.24, 2.45) is 32.9 Å². The molecular weight excluding hydrogens is 277 g/mol. The van der Waals surface area contributed by atoms with Gasteiger partial charge in [0.15, 0.2) is 5.96 Å². The highest BCUT2D eigenvalue weighted by Crippen LogP contribution is 2.32. The molecular formula is C10H11F3N6O. The summed E-state index contributed by atoms with van der Waals surface area (Å²) in [5, 5.41) is 0. The average molecular weight is 288 g/mol. The van der Waals surface area contributed by atoms with E-state index < -0.39 is 29.6 Å². The number of carbonyl (C=O) groups excluding carboxylic acids is 1. The van der Waals surface area contributed by atoms with Crippen LogP contribution >= 0.6 is 0 Å². The Labute approximate surface area is 111 Å². The van der Waals surface area contributed by atoms with Gasteiger partial charge in [0.2, 0.25) is 11.9 Å². The highest BCUT2D eigenvalue weighted by molar-refractivity contribution is 5.95. The maximum Gasteiger partial charge on any atom is 0.416 e. The molecule has 20 heavy (non-hydrogen) atoms. The zero-order valence-corrected chi connectivity index (χ0v) is 9.98. The van der Waals surface area contributed by atoms with Crippen molar-refractivity contribution in [1.29, 1.82) is 0 Å². The molecule has 7 nitrogen and oxygen atoms in total. The summed E-state index contributed by atoms with van der Waals surface area (Å²) in [5.41, 5.74) is 18.6. The first-order valence-electron chi connectivity index (χ1n) is 5.05. The van der Waals surface area contributed by atoms with Crippen LogP contribution in [-0.2, 0) is 6.18 Å². The molecule has 1 rings (SSSR count). The number of carbonyl (C=O) groups is 1. The molecule has 0 fully saturated rings. The van der Waals surface area contributed by atoms with Crippen LogP contribution in [0.15, 0.2) is 28.2 Å². The molecule has 0 aromatic heterocycles. The molecule has 0 unspecified atom stereocenters. The number of hydrogen-bond donors (Lipinski definition) is 4. The lowest BCUT2D eigenvalue weighted by Crippen LogP contribution is -2.26. The lowest BCUT2D eigenvalue weighted by molar-refractivity contribution is -0.137. The van der Waals surface area contributed by atoms with Crippen molar-refractivity contribution in [3.8, 4) is 0 Å². The van der Waals surface area contributed by atoms with E-state index in [2.05, 4.69) is 9.98 Å². The summed E-state index contributed by atoms with van der Waals surface area (Å²) in [6.45, 7) is 0. The van der Waals surface area contributed by atoms with Gasteiger partial charge in [-0.25, -0.2) is 4.99 Å². The summed E-state index contributed by atoms with van der Waals surface area (Å²) < 4.78 is 38.0. The van der Waals surface area contributed by atoms with Gasteiger partial charge in [0, 0.05) is 5.56 Å². The molecule has 0 spiro atoms. The average Bonchev–Trinajstić information content (AvgIpc) is 2.25. The van der Waals surface area contributed by atoms with Gasteiger partial charge in [0.1, 0.15) is 0 Å². The first-order valence-corrected chi connectivity index (χ1v) is 5.05. The van der Waals surface area contributed by atoms with E-state index in [1.165, 1.54) is 0 Å². The summed E-state index contributed by atoms with van der Waals surface area (Å²) in [7, 11) is 0. The summed E-state index contributed by atoms with van der Waals surface area (Å²) in [6, 6.07) is 2.33. The molecule has 108 valence electrons. The van der Waals surface area contributed by atoms with E-state index in [0.717, 1.165) is 6.07 Å². The molecule has 0 atom stereocenters. The van der Waals surface area contributed by atoms with E-state index in [4.69, 9.17) is 22.9 Å². The van der Waals surface area contributed by atoms with Crippen molar-refractivity contribution in [1.82, 2.24) is 0 Å². The summed E-state index contributed by atoms with van der Waals surface area (Å²) in [5.74, 6) is -1.90. The van der Waals surface area contributed by atoms with Gasteiger partial charge in [-0.2, -0.15) is 18.2 Å². The Morgan fingerprint density at radius 3 is 2.10 bits per heavy atom. The van der Waals surface area contributed by atoms with Gasteiger partial charge in [-0.1, -0.05) is 0 Å². The number of amides is 1. The number of aliphatic imine (C=N–C) groups is 2. The Morgan fingerprint density at radius 1 is 1.05 bits per heavy atom. The smallest absolute Gasteiger partial charge is 0.370 e. The molecule has 0 radical (unpaired) electrons. The molecule has 0 saturated heterocycles. The largest absolute Gasteiger partial charge is 0.416 e. The van der Waals surface area contributed by atoms with E-state index >= 15 is 0 Å². The molecule has 1 aromatic carbocycles. The van der Waals surface area contributed by atoms with Gasteiger partial charge in [-0.05, 0) is 18.2 Å². The minimum atomic E-state index is -4.67. The number of guanidine groups is 2. The Kier molecular flexibility index (Phi) is 4.17. The lowest BCUT2D eigenvalue weighted by Gasteiger charge is -2.09. The van der Waals surface area contributed by atoms with Crippen LogP contribution in [0.4, 0.5) is 18.9 Å². The number of nitrogens with zero attached hydrogens (tertiary/aromatic N) is 2. The molecule has 0 aliphatic rings. The number of rotatable bonds is 2. The zero-order valence-electron chi connectivity index (χ0n) is 9.98. The van der Waals surface area contributed by atoms with Crippen molar-refractivity contribution < 1.29 is 18.0 Å². The second-order valence-electron chi connectivity index (χ2n) is 3.64. The fraction of sp³-hybridized carbons (Fsp3) is 0.100. The van der Waals surface area contributed by atoms with Gasteiger partial charge < -0.3 is 22.9 Å². The molecule has 0 aliphatic carbocycles. The third-order valence-corrected chi connectivity index (χ3v) is 2.02. The third kappa shape index (κ3) is 4.15. The number of halogens is 3. The maximum atomic E-state index is 12.7. The van der Waals surface area contributed by atoms with E-state index in [1.54, 1.807) is 0 Å². The minimum absolute atomic E-state index is 0.254. The Hall–Kier alpha value is -2.78. The van der Waals surface area contributed by atoms with Gasteiger partial charge >= 0.3 is 6.18 Å². The molecule has 0 bridgehead atoms. The van der Waals surface area contributed by atoms with Crippen LogP contribution in [0.1, 0.15) is 15.9 Å². The summed E-state index contributed by atoms with van der Waals surface area (Å²) in [4.78, 5) is 17.9. The Bertz CT molecular complexity index is 589. The summed E-state index contributed by atoms with van der Waals surface area (Å²) >= 11 is 0. The molecule has 0 aliphatic heterocycles. The molecule has 8 N–H and O–H groups in total. The third-order valence-electron chi connectivity index (χ3n) is 2.02. The van der Waals surface area contributed by atoms with Crippen LogP contribution in [0.5, 0.6) is 0 Å². The number of alkyl halides is 3. The van der Waals surface area contributed by atoms with E-state index in [1.807, 2.05) is 0 Å². The summed E-state index contributed by atoms with van der Waals surface area (Å²) in [6.07, 6.45) is -4.67. The van der Waals surface area contributed by atoms with Crippen molar-refractivity contribution in [2.45, 2.75) is 6.18 Å². The van der Waals surface area contributed by atoms with Crippen molar-refractivity contribution in [3.63, 3.8) is 0 Å². The fourth-order valence-electron chi connectivity index (χ4n) is 1.27. The normalized spacial score (nSPS) is 12.1. The van der Waals surface area contributed by atoms with Crippen LogP contribution in [0, 0.1) is 0 Å². The second-order valence-corrected chi connectivity index (χ2v) is 3.64. The number of nitrogens with two attached hydrogens (primary N) is 4. The highest BCUT2D eigenvalue weighted by atomic mass is 19.4. The molecule has 10 heteroatoms. The minimum Gasteiger partial charge on any atom is -0.370 e. The van der Waals surface area contributed by atoms with Crippen molar-refractivity contribution >= 4 is 23.5 Å². The maximum absolute atomic E-state index is 12.7. The van der Waals surface area contributed by atoms with E-state index in [-0.39, 0.29) is 11.3 Å². The van der Waals surface area contributed by atoms with Gasteiger partial charge in [0.25, 0.3) is 0 Å². The van der Waals surface area contributed by atoms with Gasteiger partial charge in [-0.3, -0.25) is 4.79 Å². The molecule has 1 aromatic rings. The van der Waals surface area contributed by atoms with E-state index in [9.17, 15) is 18.0 Å². The van der Waals surface area contributed by atoms with Crippen molar-refractivity contribution in [2.75, 3.05) is 0 Å². The van der Waals surface area contributed by atoms with E-state index in [0.29, 0.717) is 12.1 Å². The van der Waals surface area contributed by atoms with Crippen LogP contribution < -0.4 is 22.9 Å². The van der Waals surface area contributed by atoms with Crippen LogP contribution in [0.3, 0.4) is 0 Å². The highest BCUT2D eigenvalue weighted by Gasteiger charge is 2.31. The first kappa shape index (κ1) is 15.3. The number of benzene rings is 1. The molecule has 0 heterocycles. The van der Waals surface area contributed by atoms with Crippen molar-refractivity contribution in [3.05, 3.63) is 29.3 Å². The second kappa shape index (κ2) is 5.47. The fourth-order valence-corrected chi connectivity index (χ4v) is 1.27. The Morgan fingerprint density at radius 2 is 1.65 bits per heavy atom. The zero-order chi connectivity index (χ0) is 15.5. The predicted octanol–water partition coefficient (Wildman–Crippen LogP) is 0.0239. The lowest BCUT2D eigenvalue weighted by atomic mass is 10.1. The van der Waals surface area contributed by atoms with Crippen LogP contribution in [0.2, 0.25) is 0 Å². The van der Waals surface area contributed by atoms with Gasteiger partial charge in [-0.15, -0.1) is 0 Å². The van der Waals surface area contributed by atoms with Crippen LogP contribution in [-0.4, -0.2) is 17.8 Å². The number of primary amides is 1. The molecule has 0 saturated carbocycles. The topological polar surface area (TPSA) is 146 Å². The SMILES string of the molecule is NC(=O)c1cc(N=C(N)N=C(N)N)cc(C(F)(F)F)c1. The van der Waals surface area contributed by atoms with Crippen LogP contribution in [0.25, 0.3) is 0 Å². The quantitative estimate of drug-likeness (QED) is 0.449. The monoisotopic (exact) mass is 288 g/mol. The predicted molar refractivity (Wildman–Crippen MR) is 67.1 cm³/mol. The molecule has 1 amide bonds. The standard InChI is InChI=1S/C10H11F3N6O/c11-10(12,13)5-1-4(7(14)20)2-6(3-5)18-9(17)19-8(15)16/h1-3H,(H2,14,20)(H6,15,16,17,18,19).